The number of rotatable bonds is 0. The monoisotopic (exact) mass is 202 g/mol. The molecule has 1 heterocycles. The van der Waals surface area contributed by atoms with Crippen molar-refractivity contribution >= 4 is 17.7 Å². The fourth-order valence-electron chi connectivity index (χ4n) is 1.40. The number of esters is 1. The van der Waals surface area contributed by atoms with Crippen molar-refractivity contribution in [3.05, 3.63) is 0 Å². The third kappa shape index (κ3) is 5.97. The van der Waals surface area contributed by atoms with Gasteiger partial charge in [0, 0.05) is 0 Å². The second-order valence-corrected chi connectivity index (χ2v) is 4.50. The Morgan fingerprint density at radius 3 is 2.54 bits per heavy atom. The van der Waals surface area contributed by atoms with Crippen LogP contribution in [0, 0.1) is 0 Å². The highest BCUT2D eigenvalue weighted by atomic mass is 32.2. The molecule has 1 aliphatic heterocycles. The van der Waals surface area contributed by atoms with Crippen molar-refractivity contribution in [3.8, 4) is 0 Å². The van der Waals surface area contributed by atoms with Gasteiger partial charge >= 0.3 is 5.97 Å². The van der Waals surface area contributed by atoms with Crippen molar-refractivity contribution in [3.63, 3.8) is 0 Å². The van der Waals surface area contributed by atoms with Gasteiger partial charge in [-0.25, -0.2) is 0 Å². The second-order valence-electron chi connectivity index (χ2n) is 3.39. The minimum Gasteiger partial charge on any atom is -0.465 e. The summed E-state index contributed by atoms with van der Waals surface area (Å²) in [5, 5.41) is 0. The van der Waals surface area contributed by atoms with Gasteiger partial charge in [0.15, 0.2) is 0 Å². The molecule has 1 saturated heterocycles. The SMILES string of the molecule is O=C1CSCCCCCCCCO1. The zero-order valence-corrected chi connectivity index (χ0v) is 8.91. The van der Waals surface area contributed by atoms with Gasteiger partial charge in [0.05, 0.1) is 12.4 Å². The molecule has 0 aromatic heterocycles. The smallest absolute Gasteiger partial charge is 0.315 e. The van der Waals surface area contributed by atoms with Gasteiger partial charge in [0.25, 0.3) is 0 Å². The van der Waals surface area contributed by atoms with E-state index in [9.17, 15) is 4.79 Å². The Hall–Kier alpha value is -0.180. The van der Waals surface area contributed by atoms with Crippen LogP contribution >= 0.6 is 11.8 Å². The highest BCUT2D eigenvalue weighted by Crippen LogP contribution is 2.11. The third-order valence-electron chi connectivity index (χ3n) is 2.17. The zero-order chi connectivity index (χ0) is 9.36. The van der Waals surface area contributed by atoms with Crippen LogP contribution in [0.3, 0.4) is 0 Å². The lowest BCUT2D eigenvalue weighted by Crippen LogP contribution is -2.09. The van der Waals surface area contributed by atoms with Crippen LogP contribution in [-0.4, -0.2) is 24.1 Å². The Morgan fingerprint density at radius 1 is 1.00 bits per heavy atom. The maximum atomic E-state index is 11.1. The highest BCUT2D eigenvalue weighted by Gasteiger charge is 2.03. The topological polar surface area (TPSA) is 26.3 Å². The zero-order valence-electron chi connectivity index (χ0n) is 8.09. The fraction of sp³-hybridized carbons (Fsp3) is 0.900. The molecule has 1 fully saturated rings. The van der Waals surface area contributed by atoms with E-state index in [0.29, 0.717) is 12.4 Å². The number of ether oxygens (including phenoxy) is 1. The van der Waals surface area contributed by atoms with Gasteiger partial charge in [-0.15, -0.1) is 0 Å². The van der Waals surface area contributed by atoms with Gasteiger partial charge in [0.2, 0.25) is 0 Å². The van der Waals surface area contributed by atoms with Gasteiger partial charge in [-0.1, -0.05) is 25.7 Å². The first-order valence-electron chi connectivity index (χ1n) is 5.13. The Labute approximate surface area is 84.4 Å². The summed E-state index contributed by atoms with van der Waals surface area (Å²) in [6.45, 7) is 0.624. The van der Waals surface area contributed by atoms with Crippen molar-refractivity contribution in [2.24, 2.45) is 0 Å². The molecule has 0 aliphatic carbocycles. The summed E-state index contributed by atoms with van der Waals surface area (Å²) in [6.07, 6.45) is 7.45. The molecular weight excluding hydrogens is 184 g/mol. The van der Waals surface area contributed by atoms with Crippen molar-refractivity contribution in [1.82, 2.24) is 0 Å². The predicted octanol–water partition coefficient (Wildman–Crippen LogP) is 2.62. The lowest BCUT2D eigenvalue weighted by molar-refractivity contribution is -0.140. The fourth-order valence-corrected chi connectivity index (χ4v) is 2.20. The first kappa shape index (κ1) is 10.9. The molecule has 0 atom stereocenters. The Bertz CT molecular complexity index is 134. The molecule has 3 heteroatoms. The van der Waals surface area contributed by atoms with Gasteiger partial charge in [-0.3, -0.25) is 4.79 Å². The van der Waals surface area contributed by atoms with Gasteiger partial charge < -0.3 is 4.74 Å². The lowest BCUT2D eigenvalue weighted by atomic mass is 10.1. The van der Waals surface area contributed by atoms with Crippen LogP contribution < -0.4 is 0 Å². The Kier molecular flexibility index (Phi) is 6.07. The van der Waals surface area contributed by atoms with E-state index in [-0.39, 0.29) is 5.97 Å². The Morgan fingerprint density at radius 2 is 1.69 bits per heavy atom. The summed E-state index contributed by atoms with van der Waals surface area (Å²) in [5.41, 5.74) is 0. The first-order chi connectivity index (χ1) is 6.39. The summed E-state index contributed by atoms with van der Waals surface area (Å²) in [4.78, 5) is 11.1. The van der Waals surface area contributed by atoms with E-state index >= 15 is 0 Å². The van der Waals surface area contributed by atoms with E-state index in [1.165, 1.54) is 32.1 Å². The number of thioether (sulfide) groups is 1. The molecule has 0 N–H and O–H groups in total. The van der Waals surface area contributed by atoms with E-state index in [4.69, 9.17) is 4.74 Å². The summed E-state index contributed by atoms with van der Waals surface area (Å²) in [6, 6.07) is 0. The average molecular weight is 202 g/mol. The normalized spacial score (nSPS) is 22.6. The number of hydrogen-bond donors (Lipinski definition) is 0. The summed E-state index contributed by atoms with van der Waals surface area (Å²) in [5.74, 6) is 1.61. The van der Waals surface area contributed by atoms with Crippen LogP contribution in [0.2, 0.25) is 0 Å². The molecule has 0 aromatic rings. The molecule has 0 unspecified atom stereocenters. The minimum absolute atomic E-state index is 0.0365. The third-order valence-corrected chi connectivity index (χ3v) is 3.18. The first-order valence-corrected chi connectivity index (χ1v) is 6.28. The maximum absolute atomic E-state index is 11.1. The van der Waals surface area contributed by atoms with Crippen LogP contribution in [0.4, 0.5) is 0 Å². The van der Waals surface area contributed by atoms with Crippen LogP contribution in [0.15, 0.2) is 0 Å². The molecule has 0 bridgehead atoms. The van der Waals surface area contributed by atoms with E-state index in [2.05, 4.69) is 0 Å². The molecule has 1 aliphatic rings. The Balaban J connectivity index is 2.14. The van der Waals surface area contributed by atoms with Gasteiger partial charge in [-0.05, 0) is 18.6 Å². The van der Waals surface area contributed by atoms with E-state index < -0.39 is 0 Å². The molecule has 0 radical (unpaired) electrons. The van der Waals surface area contributed by atoms with Crippen LogP contribution in [0.25, 0.3) is 0 Å². The molecule has 0 saturated carbocycles. The van der Waals surface area contributed by atoms with Crippen molar-refractivity contribution in [2.75, 3.05) is 18.1 Å². The largest absolute Gasteiger partial charge is 0.465 e. The molecule has 76 valence electrons. The number of hydrogen-bond acceptors (Lipinski definition) is 3. The molecular formula is C10H18O2S. The lowest BCUT2D eigenvalue weighted by Gasteiger charge is -2.07. The molecule has 0 aromatic carbocycles. The molecule has 2 nitrogen and oxygen atoms in total. The van der Waals surface area contributed by atoms with Crippen molar-refractivity contribution < 1.29 is 9.53 Å². The van der Waals surface area contributed by atoms with E-state index in [1.807, 2.05) is 0 Å². The van der Waals surface area contributed by atoms with E-state index in [0.717, 1.165) is 12.2 Å². The minimum atomic E-state index is -0.0365. The van der Waals surface area contributed by atoms with E-state index in [1.54, 1.807) is 11.8 Å². The van der Waals surface area contributed by atoms with Crippen molar-refractivity contribution in [1.29, 1.82) is 0 Å². The van der Waals surface area contributed by atoms with Crippen LogP contribution in [-0.2, 0) is 9.53 Å². The molecule has 1 rings (SSSR count). The summed E-state index contributed by atoms with van der Waals surface area (Å²) >= 11 is 1.70. The summed E-state index contributed by atoms with van der Waals surface area (Å²) in [7, 11) is 0. The average Bonchev–Trinajstić information content (AvgIpc) is 2.11. The summed E-state index contributed by atoms with van der Waals surface area (Å²) < 4.78 is 5.05. The van der Waals surface area contributed by atoms with Crippen molar-refractivity contribution in [2.45, 2.75) is 38.5 Å². The van der Waals surface area contributed by atoms with Gasteiger partial charge in [0.1, 0.15) is 0 Å². The number of carbonyl (C=O) groups is 1. The quantitative estimate of drug-likeness (QED) is 0.565. The van der Waals surface area contributed by atoms with Crippen LogP contribution in [0.5, 0.6) is 0 Å². The highest BCUT2D eigenvalue weighted by molar-refractivity contribution is 7.99. The maximum Gasteiger partial charge on any atom is 0.315 e. The standard InChI is InChI=1S/C10H18O2S/c11-10-9-13-8-6-4-2-1-3-5-7-12-10/h1-9H2. The number of cyclic esters (lactones) is 1. The molecule has 0 spiro atoms. The van der Waals surface area contributed by atoms with Crippen LogP contribution in [0.1, 0.15) is 38.5 Å². The molecule has 13 heavy (non-hydrogen) atoms. The molecule has 0 amide bonds. The predicted molar refractivity (Wildman–Crippen MR) is 56.0 cm³/mol. The number of carbonyl (C=O) groups excluding carboxylic acids is 1. The second kappa shape index (κ2) is 7.25. The van der Waals surface area contributed by atoms with Gasteiger partial charge in [-0.2, -0.15) is 11.8 Å².